The smallest absolute Gasteiger partial charge is 0.261 e. The molecule has 40 heavy (non-hydrogen) atoms. The predicted octanol–water partition coefficient (Wildman–Crippen LogP) is 4.72. The first kappa shape index (κ1) is 26.2. The Morgan fingerprint density at radius 1 is 0.925 bits per heavy atom. The first-order valence-corrected chi connectivity index (χ1v) is 11.9. The number of hydrogen-bond acceptors (Lipinski definition) is 8. The normalized spacial score (nSPS) is 10.7. The molecule has 0 aliphatic carbocycles. The van der Waals surface area contributed by atoms with Crippen LogP contribution in [0.5, 0.6) is 23.1 Å². The van der Waals surface area contributed by atoms with Gasteiger partial charge in [0.15, 0.2) is 11.5 Å². The Balaban J connectivity index is 1.38. The SMILES string of the molecule is COc1cc2nccc(Oc3ccc(NC(=O)c4cn(OC)cc(-c5ccc(F)cc5)c4=O)cc3)c2nc1OC. The lowest BCUT2D eigenvalue weighted by Crippen LogP contribution is -2.25. The number of carbonyl (C=O) groups excluding carboxylic acids is 1. The summed E-state index contributed by atoms with van der Waals surface area (Å²) < 4.78 is 31.2. The Hall–Kier alpha value is -5.45. The third kappa shape index (κ3) is 5.25. The van der Waals surface area contributed by atoms with Crippen molar-refractivity contribution in [1.82, 2.24) is 14.7 Å². The number of methoxy groups -OCH3 is 2. The van der Waals surface area contributed by atoms with E-state index in [1.807, 2.05) is 0 Å². The lowest BCUT2D eigenvalue weighted by Gasteiger charge is -2.12. The van der Waals surface area contributed by atoms with Gasteiger partial charge < -0.3 is 24.4 Å². The Morgan fingerprint density at radius 3 is 2.35 bits per heavy atom. The molecule has 5 aromatic rings. The van der Waals surface area contributed by atoms with Gasteiger partial charge >= 0.3 is 0 Å². The molecule has 0 radical (unpaired) electrons. The van der Waals surface area contributed by atoms with Crippen LogP contribution in [0.2, 0.25) is 0 Å². The number of carbonyl (C=O) groups is 1. The first-order chi connectivity index (χ1) is 19.4. The zero-order valence-corrected chi connectivity index (χ0v) is 21.7. The van der Waals surface area contributed by atoms with Crippen LogP contribution in [-0.2, 0) is 0 Å². The van der Waals surface area contributed by atoms with Crippen LogP contribution >= 0.6 is 0 Å². The average molecular weight is 543 g/mol. The number of benzene rings is 2. The van der Waals surface area contributed by atoms with Gasteiger partial charge in [0.25, 0.3) is 11.8 Å². The number of pyridine rings is 3. The summed E-state index contributed by atoms with van der Waals surface area (Å²) in [6.07, 6.45) is 4.31. The average Bonchev–Trinajstić information content (AvgIpc) is 2.98. The second kappa shape index (κ2) is 11.1. The third-order valence-electron chi connectivity index (χ3n) is 5.97. The Kier molecular flexibility index (Phi) is 7.27. The van der Waals surface area contributed by atoms with E-state index in [1.165, 1.54) is 62.7 Å². The van der Waals surface area contributed by atoms with E-state index in [0.29, 0.717) is 45.4 Å². The molecule has 0 fully saturated rings. The molecule has 0 unspecified atom stereocenters. The van der Waals surface area contributed by atoms with Crippen molar-refractivity contribution in [3.63, 3.8) is 0 Å². The molecule has 0 saturated heterocycles. The fourth-order valence-electron chi connectivity index (χ4n) is 3.97. The second-order valence-corrected chi connectivity index (χ2v) is 8.42. The van der Waals surface area contributed by atoms with Gasteiger partial charge in [-0.2, -0.15) is 4.73 Å². The molecule has 11 heteroatoms. The van der Waals surface area contributed by atoms with Crippen LogP contribution in [0.1, 0.15) is 10.4 Å². The van der Waals surface area contributed by atoms with E-state index in [-0.39, 0.29) is 11.1 Å². The van der Waals surface area contributed by atoms with Gasteiger partial charge in [0, 0.05) is 29.6 Å². The van der Waals surface area contributed by atoms with Gasteiger partial charge in [0.2, 0.25) is 5.43 Å². The molecule has 0 aliphatic heterocycles. The van der Waals surface area contributed by atoms with Crippen molar-refractivity contribution < 1.29 is 28.2 Å². The van der Waals surface area contributed by atoms with E-state index in [2.05, 4.69) is 15.3 Å². The minimum absolute atomic E-state index is 0.150. The molecule has 0 atom stereocenters. The van der Waals surface area contributed by atoms with Gasteiger partial charge in [0.05, 0.1) is 32.1 Å². The molecule has 10 nitrogen and oxygen atoms in total. The number of anilines is 1. The maximum Gasteiger partial charge on any atom is 0.261 e. The van der Waals surface area contributed by atoms with Gasteiger partial charge in [-0.1, -0.05) is 12.1 Å². The molecule has 1 N–H and O–H groups in total. The molecule has 0 bridgehead atoms. The maximum absolute atomic E-state index is 13.4. The van der Waals surface area contributed by atoms with Crippen molar-refractivity contribution in [2.45, 2.75) is 0 Å². The van der Waals surface area contributed by atoms with E-state index in [9.17, 15) is 14.0 Å². The Labute approximate surface area is 227 Å². The summed E-state index contributed by atoms with van der Waals surface area (Å²) in [6.45, 7) is 0. The van der Waals surface area contributed by atoms with Crippen molar-refractivity contribution >= 4 is 22.6 Å². The standard InChI is InChI=1S/C29H23FN4O6/c1-37-25-14-23-26(33-29(25)38-2)24(12-13-31-23)40-20-10-8-19(9-11-20)32-28(36)22-16-34(39-3)15-21(27(22)35)17-4-6-18(30)7-5-17/h4-16H,1-3H3,(H,32,36). The molecule has 0 saturated carbocycles. The van der Waals surface area contributed by atoms with Crippen molar-refractivity contribution in [3.8, 4) is 34.3 Å². The van der Waals surface area contributed by atoms with E-state index in [0.717, 1.165) is 0 Å². The number of aromatic nitrogens is 3. The van der Waals surface area contributed by atoms with Crippen LogP contribution in [0.3, 0.4) is 0 Å². The van der Waals surface area contributed by atoms with Crippen LogP contribution in [0.4, 0.5) is 10.1 Å². The Bertz CT molecular complexity index is 1750. The van der Waals surface area contributed by atoms with Gasteiger partial charge in [-0.05, 0) is 42.0 Å². The predicted molar refractivity (Wildman–Crippen MR) is 146 cm³/mol. The molecule has 0 spiro atoms. The number of hydrogen-bond donors (Lipinski definition) is 1. The highest BCUT2D eigenvalue weighted by Crippen LogP contribution is 2.34. The molecular formula is C29H23FN4O6. The number of nitrogens with zero attached hydrogens (tertiary/aromatic N) is 3. The zero-order chi connectivity index (χ0) is 28.2. The van der Waals surface area contributed by atoms with Crippen LogP contribution in [0.25, 0.3) is 22.2 Å². The lowest BCUT2D eigenvalue weighted by atomic mass is 10.0. The first-order valence-electron chi connectivity index (χ1n) is 11.9. The summed E-state index contributed by atoms with van der Waals surface area (Å²) in [5.74, 6) is 0.578. The largest absolute Gasteiger partial charge is 0.491 e. The highest BCUT2D eigenvalue weighted by molar-refractivity contribution is 6.04. The number of rotatable bonds is 8. The van der Waals surface area contributed by atoms with Crippen LogP contribution < -0.4 is 29.8 Å². The minimum Gasteiger partial charge on any atom is -0.491 e. The van der Waals surface area contributed by atoms with E-state index >= 15 is 0 Å². The zero-order valence-electron chi connectivity index (χ0n) is 21.7. The van der Waals surface area contributed by atoms with Crippen molar-refractivity contribution in [1.29, 1.82) is 0 Å². The number of fused-ring (bicyclic) bond motifs is 1. The van der Waals surface area contributed by atoms with E-state index < -0.39 is 17.2 Å². The van der Waals surface area contributed by atoms with Gasteiger partial charge in [-0.3, -0.25) is 14.6 Å². The van der Waals surface area contributed by atoms with Gasteiger partial charge in [0.1, 0.15) is 29.8 Å². The van der Waals surface area contributed by atoms with Crippen molar-refractivity contribution in [3.05, 3.63) is 101 Å². The molecule has 2 aromatic carbocycles. The highest BCUT2D eigenvalue weighted by atomic mass is 19.1. The van der Waals surface area contributed by atoms with Crippen LogP contribution in [0, 0.1) is 5.82 Å². The number of halogens is 1. The summed E-state index contributed by atoms with van der Waals surface area (Å²) in [5, 5.41) is 2.71. The second-order valence-electron chi connectivity index (χ2n) is 8.42. The van der Waals surface area contributed by atoms with E-state index in [4.69, 9.17) is 19.0 Å². The topological polar surface area (TPSA) is 114 Å². The molecule has 5 rings (SSSR count). The molecule has 3 aromatic heterocycles. The summed E-state index contributed by atoms with van der Waals surface area (Å²) in [6, 6.07) is 15.3. The summed E-state index contributed by atoms with van der Waals surface area (Å²) in [7, 11) is 4.40. The number of ether oxygens (including phenoxy) is 3. The van der Waals surface area contributed by atoms with Gasteiger partial charge in [-0.15, -0.1) is 0 Å². The van der Waals surface area contributed by atoms with Crippen LogP contribution in [0.15, 0.2) is 84.0 Å². The molecule has 202 valence electrons. The molecule has 3 heterocycles. The molecule has 0 aliphatic rings. The maximum atomic E-state index is 13.4. The summed E-state index contributed by atoms with van der Waals surface area (Å²) in [4.78, 5) is 40.2. The monoisotopic (exact) mass is 542 g/mol. The van der Waals surface area contributed by atoms with Crippen LogP contribution in [-0.4, -0.2) is 41.9 Å². The number of nitrogens with one attached hydrogen (secondary N) is 1. The lowest BCUT2D eigenvalue weighted by molar-refractivity contribution is 0.101. The van der Waals surface area contributed by atoms with Crippen molar-refractivity contribution in [2.75, 3.05) is 26.6 Å². The third-order valence-corrected chi connectivity index (χ3v) is 5.97. The highest BCUT2D eigenvalue weighted by Gasteiger charge is 2.18. The van der Waals surface area contributed by atoms with Gasteiger partial charge in [-0.25, -0.2) is 9.37 Å². The minimum atomic E-state index is -0.640. The van der Waals surface area contributed by atoms with Crippen molar-refractivity contribution in [2.24, 2.45) is 0 Å². The summed E-state index contributed by atoms with van der Waals surface area (Å²) >= 11 is 0. The quantitative estimate of drug-likeness (QED) is 0.300. The fourth-order valence-corrected chi connectivity index (χ4v) is 3.97. The van der Waals surface area contributed by atoms with E-state index in [1.54, 1.807) is 42.6 Å². The molecule has 1 amide bonds. The Morgan fingerprint density at radius 2 is 1.68 bits per heavy atom. The summed E-state index contributed by atoms with van der Waals surface area (Å²) in [5.41, 5.74) is 1.42. The number of amides is 1. The molecular weight excluding hydrogens is 519 g/mol. The fraction of sp³-hybridized carbons (Fsp3) is 0.103.